The lowest BCUT2D eigenvalue weighted by atomic mass is 9.96. The minimum atomic E-state index is -3.80. The third-order valence-electron chi connectivity index (χ3n) is 5.75. The third-order valence-corrected chi connectivity index (χ3v) is 7.37. The largest absolute Gasteiger partial charge is 0.370 e. The van der Waals surface area contributed by atoms with Crippen LogP contribution >= 0.6 is 0 Å². The Morgan fingerprint density at radius 3 is 2.45 bits per heavy atom. The van der Waals surface area contributed by atoms with Crippen molar-refractivity contribution in [3.63, 3.8) is 0 Å². The number of unbranched alkanes of at least 4 members (excludes halogenated alkanes) is 2. The molecule has 1 saturated heterocycles. The minimum Gasteiger partial charge on any atom is -0.370 e. The molecular formula is C22H36N4O4S. The van der Waals surface area contributed by atoms with E-state index >= 15 is 0 Å². The number of sulfonamides is 1. The molecule has 1 fully saturated rings. The van der Waals surface area contributed by atoms with E-state index in [1.54, 1.807) is 12.1 Å². The zero-order valence-corrected chi connectivity index (χ0v) is 19.6. The number of nitrogens with two attached hydrogens (primary N) is 1. The molecular weight excluding hydrogens is 416 g/mol. The molecule has 2 rings (SSSR count). The van der Waals surface area contributed by atoms with E-state index in [4.69, 9.17) is 5.73 Å². The molecule has 4 N–H and O–H groups in total. The molecule has 0 unspecified atom stereocenters. The first-order valence-electron chi connectivity index (χ1n) is 11.2. The standard InChI is InChI=1S/C22H36N4O4S/c1-4-6-7-8-21(27)24-18-9-10-19(26-13-11-17(12-14-26)22(23)28)20(15-18)31(29,30)25-16(3)5-2/h9-10,15-17,25H,4-8,11-14H2,1-3H3,(H2,23,28)(H,24,27)/t16-/m1/s1. The van der Waals surface area contributed by atoms with Gasteiger partial charge in [0.2, 0.25) is 21.8 Å². The van der Waals surface area contributed by atoms with Gasteiger partial charge in [0.05, 0.1) is 5.69 Å². The number of amides is 2. The van der Waals surface area contributed by atoms with Crippen LogP contribution in [0.2, 0.25) is 0 Å². The van der Waals surface area contributed by atoms with Gasteiger partial charge in [-0.2, -0.15) is 0 Å². The van der Waals surface area contributed by atoms with Crippen LogP contribution in [0.4, 0.5) is 11.4 Å². The van der Waals surface area contributed by atoms with E-state index in [1.165, 1.54) is 6.07 Å². The number of hydrogen-bond acceptors (Lipinski definition) is 5. The van der Waals surface area contributed by atoms with Crippen molar-refractivity contribution in [2.75, 3.05) is 23.3 Å². The third kappa shape index (κ3) is 7.21. The van der Waals surface area contributed by atoms with Gasteiger partial charge in [-0.3, -0.25) is 9.59 Å². The molecule has 1 aromatic carbocycles. The van der Waals surface area contributed by atoms with Gasteiger partial charge >= 0.3 is 0 Å². The lowest BCUT2D eigenvalue weighted by molar-refractivity contribution is -0.122. The molecule has 1 heterocycles. The summed E-state index contributed by atoms with van der Waals surface area (Å²) in [4.78, 5) is 25.8. The Balaban J connectivity index is 2.30. The number of hydrogen-bond donors (Lipinski definition) is 3. The summed E-state index contributed by atoms with van der Waals surface area (Å²) in [6, 6.07) is 4.77. The molecule has 31 heavy (non-hydrogen) atoms. The average molecular weight is 453 g/mol. The minimum absolute atomic E-state index is 0.123. The van der Waals surface area contributed by atoms with Gasteiger partial charge in [-0.25, -0.2) is 13.1 Å². The molecule has 2 amide bonds. The predicted octanol–water partition coefficient (Wildman–Crippen LogP) is 2.98. The highest BCUT2D eigenvalue weighted by molar-refractivity contribution is 7.89. The number of carbonyl (C=O) groups is 2. The number of nitrogens with one attached hydrogen (secondary N) is 2. The van der Waals surface area contributed by atoms with Gasteiger partial charge in [0.25, 0.3) is 0 Å². The van der Waals surface area contributed by atoms with Gasteiger partial charge in [-0.15, -0.1) is 0 Å². The second-order valence-corrected chi connectivity index (χ2v) is 9.96. The first kappa shape index (κ1) is 25.1. The van der Waals surface area contributed by atoms with E-state index in [-0.39, 0.29) is 28.7 Å². The number of anilines is 2. The van der Waals surface area contributed by atoms with Crippen LogP contribution in [-0.4, -0.2) is 39.4 Å². The first-order chi connectivity index (χ1) is 14.7. The van der Waals surface area contributed by atoms with Crippen molar-refractivity contribution in [1.82, 2.24) is 4.72 Å². The van der Waals surface area contributed by atoms with E-state index in [0.29, 0.717) is 50.1 Å². The van der Waals surface area contributed by atoms with Crippen LogP contribution in [0.25, 0.3) is 0 Å². The Morgan fingerprint density at radius 1 is 1.19 bits per heavy atom. The molecule has 0 bridgehead atoms. The molecule has 0 aliphatic carbocycles. The monoisotopic (exact) mass is 452 g/mol. The van der Waals surface area contributed by atoms with E-state index in [0.717, 1.165) is 19.3 Å². The van der Waals surface area contributed by atoms with E-state index < -0.39 is 10.0 Å². The maximum absolute atomic E-state index is 13.2. The van der Waals surface area contributed by atoms with E-state index in [9.17, 15) is 18.0 Å². The zero-order valence-electron chi connectivity index (χ0n) is 18.8. The smallest absolute Gasteiger partial charge is 0.242 e. The van der Waals surface area contributed by atoms with Gasteiger partial charge in [0.15, 0.2) is 0 Å². The Morgan fingerprint density at radius 2 is 1.87 bits per heavy atom. The molecule has 1 aromatic rings. The summed E-state index contributed by atoms with van der Waals surface area (Å²) in [6.07, 6.45) is 5.04. The highest BCUT2D eigenvalue weighted by atomic mass is 32.2. The molecule has 9 heteroatoms. The number of nitrogens with zero attached hydrogens (tertiary/aromatic N) is 1. The van der Waals surface area contributed by atoms with Crippen LogP contribution in [0.5, 0.6) is 0 Å². The Bertz CT molecular complexity index is 864. The van der Waals surface area contributed by atoms with Crippen LogP contribution in [0.3, 0.4) is 0 Å². The molecule has 174 valence electrons. The van der Waals surface area contributed by atoms with Crippen LogP contribution in [0, 0.1) is 5.92 Å². The fourth-order valence-electron chi connectivity index (χ4n) is 3.64. The van der Waals surface area contributed by atoms with Crippen molar-refractivity contribution in [3.8, 4) is 0 Å². The highest BCUT2D eigenvalue weighted by Gasteiger charge is 2.28. The maximum Gasteiger partial charge on any atom is 0.242 e. The van der Waals surface area contributed by atoms with Gasteiger partial charge in [-0.05, 0) is 50.8 Å². The van der Waals surface area contributed by atoms with Crippen LogP contribution in [0.1, 0.15) is 65.7 Å². The molecule has 1 aliphatic heterocycles. The molecule has 0 aromatic heterocycles. The fraction of sp³-hybridized carbons (Fsp3) is 0.636. The zero-order chi connectivity index (χ0) is 23.0. The Kier molecular flexibility index (Phi) is 9.31. The summed E-state index contributed by atoms with van der Waals surface area (Å²) in [5, 5.41) is 2.82. The predicted molar refractivity (Wildman–Crippen MR) is 123 cm³/mol. The van der Waals surface area contributed by atoms with Crippen molar-refractivity contribution in [2.45, 2.75) is 76.7 Å². The molecule has 1 aliphatic rings. The van der Waals surface area contributed by atoms with Crippen molar-refractivity contribution in [2.24, 2.45) is 11.7 Å². The van der Waals surface area contributed by atoms with Gasteiger partial charge < -0.3 is 16.0 Å². The van der Waals surface area contributed by atoms with Gasteiger partial charge in [0.1, 0.15) is 4.90 Å². The topological polar surface area (TPSA) is 122 Å². The molecule has 1 atom stereocenters. The van der Waals surface area contributed by atoms with Crippen molar-refractivity contribution in [3.05, 3.63) is 18.2 Å². The Labute approximate surface area is 186 Å². The molecule has 0 saturated carbocycles. The average Bonchev–Trinajstić information content (AvgIpc) is 2.73. The van der Waals surface area contributed by atoms with Gasteiger partial charge in [-0.1, -0.05) is 26.7 Å². The number of primary amides is 1. The van der Waals surface area contributed by atoms with Crippen molar-refractivity contribution < 1.29 is 18.0 Å². The second kappa shape index (κ2) is 11.5. The normalized spacial score (nSPS) is 16.2. The molecule has 0 spiro atoms. The summed E-state index contributed by atoms with van der Waals surface area (Å²) in [6.45, 7) is 6.89. The molecule has 0 radical (unpaired) electrons. The van der Waals surface area contributed by atoms with Crippen molar-refractivity contribution >= 4 is 33.2 Å². The first-order valence-corrected chi connectivity index (χ1v) is 12.7. The lowest BCUT2D eigenvalue weighted by Gasteiger charge is -2.33. The summed E-state index contributed by atoms with van der Waals surface area (Å²) in [7, 11) is -3.80. The number of piperidine rings is 1. The Hall–Kier alpha value is -2.13. The van der Waals surface area contributed by atoms with Crippen LogP contribution < -0.4 is 20.7 Å². The van der Waals surface area contributed by atoms with Crippen molar-refractivity contribution in [1.29, 1.82) is 0 Å². The molecule has 8 nitrogen and oxygen atoms in total. The summed E-state index contributed by atoms with van der Waals surface area (Å²) < 4.78 is 29.0. The lowest BCUT2D eigenvalue weighted by Crippen LogP contribution is -2.40. The van der Waals surface area contributed by atoms with Crippen LogP contribution in [-0.2, 0) is 19.6 Å². The van der Waals surface area contributed by atoms with Gasteiger partial charge in [0, 0.05) is 37.2 Å². The van der Waals surface area contributed by atoms with E-state index in [1.807, 2.05) is 18.7 Å². The summed E-state index contributed by atoms with van der Waals surface area (Å²) in [5.74, 6) is -0.620. The number of carbonyl (C=O) groups excluding carboxylic acids is 2. The SMILES string of the molecule is CCCCCC(=O)Nc1ccc(N2CCC(C(N)=O)CC2)c(S(=O)(=O)N[C@H](C)CC)c1. The number of rotatable bonds is 11. The second-order valence-electron chi connectivity index (χ2n) is 8.28. The summed E-state index contributed by atoms with van der Waals surface area (Å²) >= 11 is 0. The maximum atomic E-state index is 13.2. The quantitative estimate of drug-likeness (QED) is 0.446. The van der Waals surface area contributed by atoms with E-state index in [2.05, 4.69) is 17.0 Å². The number of benzene rings is 1. The summed E-state index contributed by atoms with van der Waals surface area (Å²) in [5.41, 5.74) is 6.46. The van der Waals surface area contributed by atoms with Crippen LogP contribution in [0.15, 0.2) is 23.1 Å². The highest BCUT2D eigenvalue weighted by Crippen LogP contribution is 2.32. The fourth-order valence-corrected chi connectivity index (χ4v) is 5.22.